The molecule has 0 saturated heterocycles. The molecule has 0 aromatic heterocycles. The standard InChI is InChI=1S/C22H37NO7Si/c1-21(2,3)29-20(25)23-14-11-17(30-31(9,10)22(4,5)6)18(19(24)27-8)15(23)12-16(14)28-13-26-7/h12,14-15H,11,13H2,1-10H3/t14-,15-/m0/s1. The van der Waals surface area contributed by atoms with E-state index in [0.717, 1.165) is 0 Å². The second-order valence-corrected chi connectivity index (χ2v) is 15.1. The Morgan fingerprint density at radius 2 is 1.74 bits per heavy atom. The third-order valence-corrected chi connectivity index (χ3v) is 10.2. The van der Waals surface area contributed by atoms with Crippen LogP contribution >= 0.6 is 0 Å². The smallest absolute Gasteiger partial charge is 0.411 e. The van der Waals surface area contributed by atoms with Crippen molar-refractivity contribution in [3.8, 4) is 0 Å². The largest absolute Gasteiger partial charge is 0.546 e. The van der Waals surface area contributed by atoms with Crippen LogP contribution in [0.25, 0.3) is 0 Å². The van der Waals surface area contributed by atoms with Crippen LogP contribution in [-0.4, -0.2) is 64.0 Å². The molecular weight excluding hydrogens is 418 g/mol. The van der Waals surface area contributed by atoms with Crippen molar-refractivity contribution in [1.82, 2.24) is 4.90 Å². The van der Waals surface area contributed by atoms with Crippen molar-refractivity contribution >= 4 is 20.4 Å². The lowest BCUT2D eigenvalue weighted by Crippen LogP contribution is -2.51. The molecule has 0 saturated carbocycles. The third kappa shape index (κ3) is 5.44. The van der Waals surface area contributed by atoms with Crippen molar-refractivity contribution in [2.45, 2.75) is 83.8 Å². The third-order valence-electron chi connectivity index (χ3n) is 5.80. The van der Waals surface area contributed by atoms with E-state index in [-0.39, 0.29) is 11.8 Å². The zero-order valence-corrected chi connectivity index (χ0v) is 21.5. The van der Waals surface area contributed by atoms with Gasteiger partial charge in [0.2, 0.25) is 8.32 Å². The molecule has 2 aliphatic heterocycles. The number of amides is 1. The van der Waals surface area contributed by atoms with Crippen LogP contribution in [0.5, 0.6) is 0 Å². The molecule has 0 N–H and O–H groups in total. The quantitative estimate of drug-likeness (QED) is 0.335. The van der Waals surface area contributed by atoms with Gasteiger partial charge in [-0.25, -0.2) is 9.59 Å². The average Bonchev–Trinajstić information content (AvgIpc) is 2.87. The Balaban J connectivity index is 2.53. The zero-order chi connectivity index (χ0) is 23.8. The topological polar surface area (TPSA) is 83.5 Å². The van der Waals surface area contributed by atoms with E-state index in [4.69, 9.17) is 23.4 Å². The Hall–Kier alpha value is -2.00. The Kier molecular flexibility index (Phi) is 7.22. The van der Waals surface area contributed by atoms with Crippen LogP contribution in [-0.2, 0) is 28.2 Å². The highest BCUT2D eigenvalue weighted by Gasteiger charge is 2.51. The fraction of sp³-hybridized carbons (Fsp3) is 0.727. The maximum absolute atomic E-state index is 13.1. The highest BCUT2D eigenvalue weighted by Crippen LogP contribution is 2.45. The first-order valence-corrected chi connectivity index (χ1v) is 13.4. The van der Waals surface area contributed by atoms with Gasteiger partial charge in [-0.2, -0.15) is 0 Å². The maximum Gasteiger partial charge on any atom is 0.411 e. The van der Waals surface area contributed by atoms with Gasteiger partial charge in [0, 0.05) is 13.5 Å². The summed E-state index contributed by atoms with van der Waals surface area (Å²) in [6, 6.07) is -1.16. The number of hydrogen-bond donors (Lipinski definition) is 0. The van der Waals surface area contributed by atoms with Gasteiger partial charge in [0.05, 0.1) is 24.5 Å². The van der Waals surface area contributed by atoms with E-state index in [9.17, 15) is 9.59 Å². The first-order chi connectivity index (χ1) is 14.1. The molecular formula is C22H37NO7Si. The molecule has 0 aliphatic carbocycles. The Morgan fingerprint density at radius 3 is 2.23 bits per heavy atom. The van der Waals surface area contributed by atoms with Gasteiger partial charge in [-0.1, -0.05) is 20.8 Å². The fourth-order valence-electron chi connectivity index (χ4n) is 3.28. The highest BCUT2D eigenvalue weighted by molar-refractivity contribution is 6.74. The van der Waals surface area contributed by atoms with Gasteiger partial charge in [0.25, 0.3) is 0 Å². The fourth-order valence-corrected chi connectivity index (χ4v) is 4.39. The predicted octanol–water partition coefficient (Wildman–Crippen LogP) is 4.33. The van der Waals surface area contributed by atoms with Crippen LogP contribution in [0.1, 0.15) is 48.0 Å². The molecule has 176 valence electrons. The molecule has 2 heterocycles. The molecule has 31 heavy (non-hydrogen) atoms. The first kappa shape index (κ1) is 25.3. The van der Waals surface area contributed by atoms with E-state index < -0.39 is 38.1 Å². The van der Waals surface area contributed by atoms with E-state index in [1.807, 2.05) is 0 Å². The number of carbonyl (C=O) groups is 2. The molecule has 0 aromatic carbocycles. The summed E-state index contributed by atoms with van der Waals surface area (Å²) in [5.74, 6) is 0.573. The van der Waals surface area contributed by atoms with E-state index in [1.54, 1.807) is 26.8 Å². The number of methoxy groups -OCH3 is 2. The van der Waals surface area contributed by atoms with Crippen molar-refractivity contribution in [3.05, 3.63) is 23.2 Å². The minimum atomic E-state index is -2.25. The first-order valence-electron chi connectivity index (χ1n) is 10.5. The number of nitrogens with zero attached hydrogens (tertiary/aromatic N) is 1. The van der Waals surface area contributed by atoms with Crippen molar-refractivity contribution in [3.63, 3.8) is 0 Å². The van der Waals surface area contributed by atoms with Crippen LogP contribution < -0.4 is 0 Å². The SMILES string of the molecule is COCOC1=C[C@H]2C(C(=O)OC)=C(O[Si](C)(C)C(C)(C)C)C[C@@H]1N2C(=O)OC(C)(C)C. The highest BCUT2D eigenvalue weighted by atomic mass is 28.4. The molecule has 9 heteroatoms. The Bertz CT molecular complexity index is 774. The van der Waals surface area contributed by atoms with Crippen LogP contribution in [0.2, 0.25) is 18.1 Å². The summed E-state index contributed by atoms with van der Waals surface area (Å²) in [5, 5.41) is -0.0641. The lowest BCUT2D eigenvalue weighted by molar-refractivity contribution is -0.137. The number of carbonyl (C=O) groups excluding carboxylic acids is 2. The van der Waals surface area contributed by atoms with E-state index in [0.29, 0.717) is 23.5 Å². The summed E-state index contributed by atoms with van der Waals surface area (Å²) in [4.78, 5) is 27.5. The van der Waals surface area contributed by atoms with Crippen molar-refractivity contribution in [2.24, 2.45) is 0 Å². The minimum Gasteiger partial charge on any atom is -0.546 e. The van der Waals surface area contributed by atoms with Gasteiger partial charge in [0.15, 0.2) is 6.79 Å². The van der Waals surface area contributed by atoms with Crippen LogP contribution in [0.4, 0.5) is 4.79 Å². The molecule has 1 amide bonds. The van der Waals surface area contributed by atoms with Gasteiger partial charge in [-0.3, -0.25) is 4.90 Å². The number of rotatable bonds is 6. The minimum absolute atomic E-state index is 0.0309. The Labute approximate surface area is 186 Å². The Morgan fingerprint density at radius 1 is 1.13 bits per heavy atom. The lowest BCUT2D eigenvalue weighted by atomic mass is 9.99. The normalized spacial score (nSPS) is 21.6. The molecule has 2 atom stereocenters. The summed E-state index contributed by atoms with van der Waals surface area (Å²) < 4.78 is 28.1. The summed E-state index contributed by atoms with van der Waals surface area (Å²) in [6.45, 7) is 16.1. The van der Waals surface area contributed by atoms with Crippen molar-refractivity contribution < 1.29 is 33.0 Å². The van der Waals surface area contributed by atoms with Gasteiger partial charge in [-0.05, 0) is 45.0 Å². The molecule has 0 radical (unpaired) electrons. The van der Waals surface area contributed by atoms with Crippen LogP contribution in [0.3, 0.4) is 0 Å². The van der Waals surface area contributed by atoms with Gasteiger partial charge < -0.3 is 23.4 Å². The maximum atomic E-state index is 13.1. The molecule has 2 aliphatic rings. The number of hydrogen-bond acceptors (Lipinski definition) is 7. The number of ether oxygens (including phenoxy) is 4. The molecule has 2 bridgehead atoms. The molecule has 0 aromatic rings. The second kappa shape index (κ2) is 8.86. The average molecular weight is 456 g/mol. The van der Waals surface area contributed by atoms with E-state index >= 15 is 0 Å². The summed E-state index contributed by atoms with van der Waals surface area (Å²) in [7, 11) is 0.601. The van der Waals surface area contributed by atoms with E-state index in [2.05, 4.69) is 33.9 Å². The summed E-state index contributed by atoms with van der Waals surface area (Å²) in [6.07, 6.45) is 1.52. The molecule has 0 unspecified atom stereocenters. The molecule has 0 fully saturated rings. The monoisotopic (exact) mass is 455 g/mol. The van der Waals surface area contributed by atoms with Crippen LogP contribution in [0, 0.1) is 0 Å². The zero-order valence-electron chi connectivity index (χ0n) is 20.5. The van der Waals surface area contributed by atoms with Gasteiger partial charge in [0.1, 0.15) is 17.4 Å². The molecule has 8 nitrogen and oxygen atoms in total. The van der Waals surface area contributed by atoms with Gasteiger partial charge in [-0.15, -0.1) is 0 Å². The van der Waals surface area contributed by atoms with E-state index in [1.165, 1.54) is 19.1 Å². The molecule has 0 spiro atoms. The second-order valence-electron chi connectivity index (χ2n) is 10.4. The molecule has 2 rings (SSSR count). The lowest BCUT2D eigenvalue weighted by Gasteiger charge is -2.42. The van der Waals surface area contributed by atoms with Crippen molar-refractivity contribution in [1.29, 1.82) is 0 Å². The number of esters is 1. The van der Waals surface area contributed by atoms with Crippen molar-refractivity contribution in [2.75, 3.05) is 21.0 Å². The summed E-state index contributed by atoms with van der Waals surface area (Å²) in [5.41, 5.74) is -0.373. The number of fused-ring (bicyclic) bond motifs is 2. The van der Waals surface area contributed by atoms with Gasteiger partial charge >= 0.3 is 12.1 Å². The summed E-state index contributed by atoms with van der Waals surface area (Å²) >= 11 is 0. The van der Waals surface area contributed by atoms with Crippen LogP contribution in [0.15, 0.2) is 23.2 Å². The predicted molar refractivity (Wildman–Crippen MR) is 119 cm³/mol.